The fourth-order valence-corrected chi connectivity index (χ4v) is 8.18. The van der Waals surface area contributed by atoms with E-state index < -0.39 is 0 Å². The Morgan fingerprint density at radius 1 is 1.19 bits per heavy atom. The third kappa shape index (κ3) is 3.39. The van der Waals surface area contributed by atoms with Crippen LogP contribution in [0.5, 0.6) is 0 Å². The van der Waals surface area contributed by atoms with Crippen molar-refractivity contribution in [3.63, 3.8) is 0 Å². The molecule has 1 aliphatic heterocycles. The van der Waals surface area contributed by atoms with Gasteiger partial charge in [0.05, 0.1) is 11.9 Å². The van der Waals surface area contributed by atoms with Crippen LogP contribution < -0.4 is 5.32 Å². The van der Waals surface area contributed by atoms with E-state index in [2.05, 4.69) is 30.2 Å². The number of halogens is 1. The lowest BCUT2D eigenvalue weighted by molar-refractivity contribution is -0.139. The van der Waals surface area contributed by atoms with E-state index >= 15 is 0 Å². The topological polar surface area (TPSA) is 62.3 Å². The number of hydrogen-bond acceptors (Lipinski definition) is 3. The number of pyridine rings is 1. The molecule has 32 heavy (non-hydrogen) atoms. The van der Waals surface area contributed by atoms with E-state index in [1.165, 1.54) is 25.7 Å². The Bertz CT molecular complexity index is 947. The van der Waals surface area contributed by atoms with Crippen molar-refractivity contribution in [2.24, 2.45) is 34.5 Å². The first-order valence-corrected chi connectivity index (χ1v) is 12.5. The molecular weight excluding hydrogens is 422 g/mol. The summed E-state index contributed by atoms with van der Waals surface area (Å²) in [5.41, 5.74) is 1.00. The largest absolute Gasteiger partial charge is 0.338 e. The molecule has 3 saturated carbocycles. The van der Waals surface area contributed by atoms with Crippen molar-refractivity contribution in [3.8, 4) is 0 Å². The molecule has 2 amide bonds. The van der Waals surface area contributed by atoms with Crippen LogP contribution in [-0.2, 0) is 9.59 Å². The average Bonchev–Trinajstić information content (AvgIpc) is 3.09. The predicted molar refractivity (Wildman–Crippen MR) is 126 cm³/mol. The zero-order chi connectivity index (χ0) is 22.7. The molecule has 0 saturated heterocycles. The molecule has 6 heteroatoms. The maximum absolute atomic E-state index is 12.8. The highest BCUT2D eigenvalue weighted by molar-refractivity contribution is 6.29. The molecular formula is C26H34ClN3O2. The second kappa shape index (κ2) is 7.86. The van der Waals surface area contributed by atoms with E-state index in [1.807, 2.05) is 11.9 Å². The van der Waals surface area contributed by atoms with Gasteiger partial charge < -0.3 is 10.2 Å². The highest BCUT2D eigenvalue weighted by Crippen LogP contribution is 2.65. The van der Waals surface area contributed by atoms with E-state index in [0.29, 0.717) is 47.0 Å². The minimum atomic E-state index is 0.0734. The van der Waals surface area contributed by atoms with Gasteiger partial charge in [-0.15, -0.1) is 0 Å². The molecule has 0 bridgehead atoms. The van der Waals surface area contributed by atoms with Crippen molar-refractivity contribution in [3.05, 3.63) is 35.6 Å². The molecule has 172 valence electrons. The van der Waals surface area contributed by atoms with Crippen LogP contribution in [0.25, 0.3) is 0 Å². The first-order chi connectivity index (χ1) is 15.2. The minimum Gasteiger partial charge on any atom is -0.338 e. The quantitative estimate of drug-likeness (QED) is 0.627. The summed E-state index contributed by atoms with van der Waals surface area (Å²) in [6.07, 6.45) is 13.2. The summed E-state index contributed by atoms with van der Waals surface area (Å²) in [7, 11) is 1.97. The predicted octanol–water partition coefficient (Wildman–Crippen LogP) is 5.32. The summed E-state index contributed by atoms with van der Waals surface area (Å²) in [4.78, 5) is 31.2. The minimum absolute atomic E-state index is 0.0734. The van der Waals surface area contributed by atoms with Gasteiger partial charge in [-0.2, -0.15) is 0 Å². The Labute approximate surface area is 196 Å². The van der Waals surface area contributed by atoms with Gasteiger partial charge in [0.2, 0.25) is 11.8 Å². The van der Waals surface area contributed by atoms with Crippen molar-refractivity contribution in [2.75, 3.05) is 12.4 Å². The Morgan fingerprint density at radius 3 is 2.75 bits per heavy atom. The van der Waals surface area contributed by atoms with Gasteiger partial charge in [-0.1, -0.05) is 31.5 Å². The zero-order valence-electron chi connectivity index (χ0n) is 19.3. The number of hydrogen-bond donors (Lipinski definition) is 1. The highest BCUT2D eigenvalue weighted by Gasteiger charge is 2.60. The van der Waals surface area contributed by atoms with Crippen molar-refractivity contribution in [1.29, 1.82) is 0 Å². The lowest BCUT2D eigenvalue weighted by atomic mass is 9.47. The van der Waals surface area contributed by atoms with Crippen LogP contribution in [0, 0.1) is 34.5 Å². The number of nitrogens with one attached hydrogen (secondary N) is 1. The number of rotatable bonds is 3. The monoisotopic (exact) mass is 455 g/mol. The van der Waals surface area contributed by atoms with Gasteiger partial charge in [0.1, 0.15) is 5.15 Å². The van der Waals surface area contributed by atoms with Crippen LogP contribution in [0.3, 0.4) is 0 Å². The van der Waals surface area contributed by atoms with Crippen molar-refractivity contribution in [2.45, 2.75) is 64.8 Å². The number of aromatic nitrogens is 1. The molecule has 2 heterocycles. The standard InChI is InChI=1S/C26H34ClN3O2/c1-25-12-10-20-18(6-8-21-26(20,2)13-11-24(32)30(21)3)19(25)7-4-16(25)14-23(31)29-17-5-9-22(27)28-15-17/h5,9,11,13,15-16,18-21H,4,6-8,10,12,14H2,1-3H3,(H,29,31)/t16-,18+,19+,20+,21-,25-,26-/m1/s1. The van der Waals surface area contributed by atoms with Crippen LogP contribution in [0.1, 0.15) is 58.8 Å². The SMILES string of the molecule is CN1C(=O)C=C[C@]2(C)[C@H]3CC[C@]4(C)[C@@H](CC(=O)Nc5ccc(Cl)nc5)CC[C@H]4[C@@H]3CC[C@@H]12. The summed E-state index contributed by atoms with van der Waals surface area (Å²) in [6.45, 7) is 4.83. The molecule has 7 atom stereocenters. The molecule has 0 radical (unpaired) electrons. The molecule has 0 aromatic carbocycles. The van der Waals surface area contributed by atoms with Crippen LogP contribution in [-0.4, -0.2) is 34.8 Å². The Morgan fingerprint density at radius 2 is 2.00 bits per heavy atom. The van der Waals surface area contributed by atoms with E-state index in [4.69, 9.17) is 11.6 Å². The molecule has 3 fully saturated rings. The fraction of sp³-hybridized carbons (Fsp3) is 0.654. The summed E-state index contributed by atoms with van der Waals surface area (Å²) in [5.74, 6) is 2.63. The molecule has 5 rings (SSSR count). The van der Waals surface area contributed by atoms with Crippen molar-refractivity contribution in [1.82, 2.24) is 9.88 Å². The second-order valence-electron chi connectivity index (χ2n) is 11.1. The van der Waals surface area contributed by atoms with Crippen LogP contribution in [0.2, 0.25) is 5.15 Å². The molecule has 5 nitrogen and oxygen atoms in total. The van der Waals surface area contributed by atoms with Gasteiger partial charge in [-0.25, -0.2) is 4.98 Å². The average molecular weight is 456 g/mol. The third-order valence-corrected chi connectivity index (χ3v) is 9.99. The number of nitrogens with zero attached hydrogens (tertiary/aromatic N) is 2. The van der Waals surface area contributed by atoms with Gasteiger partial charge >= 0.3 is 0 Å². The second-order valence-corrected chi connectivity index (χ2v) is 11.4. The molecule has 0 unspecified atom stereocenters. The van der Waals surface area contributed by atoms with Gasteiger partial charge in [0, 0.05) is 24.9 Å². The number of likely N-dealkylation sites (N-methyl/N-ethyl adjacent to an activating group) is 1. The maximum Gasteiger partial charge on any atom is 0.246 e. The molecule has 1 N–H and O–H groups in total. The van der Waals surface area contributed by atoms with Gasteiger partial charge in [-0.05, 0) is 85.8 Å². The number of carbonyl (C=O) groups excluding carboxylic acids is 2. The lowest BCUT2D eigenvalue weighted by Crippen LogP contribution is -2.59. The summed E-state index contributed by atoms with van der Waals surface area (Å²) in [6, 6.07) is 3.82. The lowest BCUT2D eigenvalue weighted by Gasteiger charge is -2.60. The fourth-order valence-electron chi connectivity index (χ4n) is 8.07. The smallest absolute Gasteiger partial charge is 0.246 e. The number of anilines is 1. The van der Waals surface area contributed by atoms with Crippen molar-refractivity contribution < 1.29 is 9.59 Å². The van der Waals surface area contributed by atoms with Crippen LogP contribution in [0.4, 0.5) is 5.69 Å². The van der Waals surface area contributed by atoms with Gasteiger partial charge in [0.15, 0.2) is 0 Å². The van der Waals surface area contributed by atoms with Crippen molar-refractivity contribution >= 4 is 29.1 Å². The molecule has 4 aliphatic rings. The number of amides is 2. The van der Waals surface area contributed by atoms with E-state index in [-0.39, 0.29) is 22.6 Å². The van der Waals surface area contributed by atoms with Gasteiger partial charge in [0.25, 0.3) is 0 Å². The Hall–Kier alpha value is -1.88. The molecule has 1 aromatic rings. The number of carbonyl (C=O) groups is 2. The van der Waals surface area contributed by atoms with Crippen LogP contribution in [0.15, 0.2) is 30.5 Å². The number of fused-ring (bicyclic) bond motifs is 5. The van der Waals surface area contributed by atoms with Gasteiger partial charge in [-0.3, -0.25) is 9.59 Å². The Kier molecular flexibility index (Phi) is 5.39. The van der Waals surface area contributed by atoms with E-state index in [0.717, 1.165) is 12.8 Å². The molecule has 1 aromatic heterocycles. The first-order valence-electron chi connectivity index (χ1n) is 12.1. The highest BCUT2D eigenvalue weighted by atomic mass is 35.5. The maximum atomic E-state index is 12.8. The normalized spacial score (nSPS) is 40.4. The molecule has 3 aliphatic carbocycles. The Balaban J connectivity index is 1.31. The third-order valence-electron chi connectivity index (χ3n) is 9.77. The summed E-state index contributed by atoms with van der Waals surface area (Å²) >= 11 is 5.86. The van der Waals surface area contributed by atoms with E-state index in [9.17, 15) is 9.59 Å². The first kappa shape index (κ1) is 21.9. The summed E-state index contributed by atoms with van der Waals surface area (Å²) < 4.78 is 0. The summed E-state index contributed by atoms with van der Waals surface area (Å²) in [5, 5.41) is 3.44. The zero-order valence-corrected chi connectivity index (χ0v) is 20.1. The van der Waals surface area contributed by atoms with Crippen LogP contribution >= 0.6 is 11.6 Å². The molecule has 0 spiro atoms. The van der Waals surface area contributed by atoms with E-state index in [1.54, 1.807) is 24.4 Å².